The molecule has 1 aromatic rings. The maximum absolute atomic E-state index is 9.81. The van der Waals surface area contributed by atoms with Gasteiger partial charge in [-0.05, 0) is 25.5 Å². The maximum atomic E-state index is 9.81. The molecule has 0 spiro atoms. The monoisotopic (exact) mass is 225 g/mol. The van der Waals surface area contributed by atoms with Gasteiger partial charge in [-0.2, -0.15) is 5.10 Å². The highest BCUT2D eigenvalue weighted by Crippen LogP contribution is 2.07. The van der Waals surface area contributed by atoms with E-state index in [0.29, 0.717) is 13.1 Å². The van der Waals surface area contributed by atoms with Gasteiger partial charge in [-0.15, -0.1) is 0 Å². The molecule has 1 unspecified atom stereocenters. The van der Waals surface area contributed by atoms with Gasteiger partial charge in [0.2, 0.25) is 0 Å². The highest BCUT2D eigenvalue weighted by molar-refractivity contribution is 5.10. The molecule has 4 nitrogen and oxygen atoms in total. The third kappa shape index (κ3) is 3.61. The summed E-state index contributed by atoms with van der Waals surface area (Å²) in [5.74, 6) is 0. The first kappa shape index (κ1) is 13.2. The zero-order valence-corrected chi connectivity index (χ0v) is 10.5. The van der Waals surface area contributed by atoms with E-state index in [-0.39, 0.29) is 6.10 Å². The second-order valence-electron chi connectivity index (χ2n) is 3.98. The molecule has 0 fully saturated rings. The van der Waals surface area contributed by atoms with Crippen molar-refractivity contribution in [3.63, 3.8) is 0 Å². The first-order valence-corrected chi connectivity index (χ1v) is 6.15. The zero-order chi connectivity index (χ0) is 12.0. The van der Waals surface area contributed by atoms with Gasteiger partial charge in [-0.3, -0.25) is 4.68 Å². The Morgan fingerprint density at radius 3 is 2.69 bits per heavy atom. The van der Waals surface area contributed by atoms with Gasteiger partial charge in [0.15, 0.2) is 0 Å². The Labute approximate surface area is 97.7 Å². The fraction of sp³-hybridized carbons (Fsp3) is 0.750. The van der Waals surface area contributed by atoms with Crippen molar-refractivity contribution in [1.82, 2.24) is 15.1 Å². The van der Waals surface area contributed by atoms with Gasteiger partial charge in [-0.1, -0.05) is 20.8 Å². The van der Waals surface area contributed by atoms with Crippen molar-refractivity contribution in [2.75, 3.05) is 13.1 Å². The maximum Gasteiger partial charge on any atom is 0.0860 e. The largest absolute Gasteiger partial charge is 0.390 e. The molecule has 0 radical (unpaired) electrons. The minimum atomic E-state index is -0.366. The molecular weight excluding hydrogens is 202 g/mol. The van der Waals surface area contributed by atoms with Crippen molar-refractivity contribution in [3.05, 3.63) is 17.5 Å². The summed E-state index contributed by atoms with van der Waals surface area (Å²) in [5.41, 5.74) is 2.31. The smallest absolute Gasteiger partial charge is 0.0860 e. The Balaban J connectivity index is 2.60. The van der Waals surface area contributed by atoms with E-state index >= 15 is 0 Å². The normalized spacial score (nSPS) is 13.0. The number of rotatable bonds is 7. The fourth-order valence-electron chi connectivity index (χ4n) is 1.71. The van der Waals surface area contributed by atoms with Crippen molar-refractivity contribution >= 4 is 0 Å². The molecule has 0 aliphatic heterocycles. The van der Waals surface area contributed by atoms with Crippen molar-refractivity contribution in [2.45, 2.75) is 46.3 Å². The molecular formula is C12H23N3O. The lowest BCUT2D eigenvalue weighted by Gasteiger charge is -2.12. The summed E-state index contributed by atoms with van der Waals surface area (Å²) in [5, 5.41) is 17.4. The van der Waals surface area contributed by atoms with Crippen molar-refractivity contribution < 1.29 is 5.11 Å². The van der Waals surface area contributed by atoms with Gasteiger partial charge in [0, 0.05) is 12.2 Å². The summed E-state index contributed by atoms with van der Waals surface area (Å²) >= 11 is 0. The van der Waals surface area contributed by atoms with Gasteiger partial charge >= 0.3 is 0 Å². The number of aliphatic hydroxyl groups is 1. The summed E-state index contributed by atoms with van der Waals surface area (Å²) in [6.07, 6.45) is 1.54. The minimum absolute atomic E-state index is 0.366. The molecule has 0 aliphatic carbocycles. The van der Waals surface area contributed by atoms with E-state index in [4.69, 9.17) is 0 Å². The lowest BCUT2D eigenvalue weighted by molar-refractivity contribution is 0.146. The SMILES string of the molecule is CCNCC(O)Cn1nc(CC)cc1CC. The second-order valence-corrected chi connectivity index (χ2v) is 3.98. The molecule has 2 N–H and O–H groups in total. The van der Waals surface area contributed by atoms with Gasteiger partial charge in [0.05, 0.1) is 18.3 Å². The Morgan fingerprint density at radius 1 is 1.38 bits per heavy atom. The van der Waals surface area contributed by atoms with E-state index in [1.54, 1.807) is 0 Å². The zero-order valence-electron chi connectivity index (χ0n) is 10.5. The number of aromatic nitrogens is 2. The molecule has 1 heterocycles. The van der Waals surface area contributed by atoms with E-state index < -0.39 is 0 Å². The number of aryl methyl sites for hydroxylation is 2. The Bertz CT molecular complexity index is 309. The van der Waals surface area contributed by atoms with Crippen LogP contribution in [-0.2, 0) is 19.4 Å². The van der Waals surface area contributed by atoms with Crippen LogP contribution in [0.5, 0.6) is 0 Å². The van der Waals surface area contributed by atoms with Crippen molar-refractivity contribution in [1.29, 1.82) is 0 Å². The molecule has 4 heteroatoms. The quantitative estimate of drug-likeness (QED) is 0.727. The highest BCUT2D eigenvalue weighted by Gasteiger charge is 2.09. The molecule has 0 aliphatic rings. The van der Waals surface area contributed by atoms with E-state index in [0.717, 1.165) is 25.1 Å². The number of aliphatic hydroxyl groups excluding tert-OH is 1. The summed E-state index contributed by atoms with van der Waals surface area (Å²) < 4.78 is 1.93. The average Bonchev–Trinajstić information content (AvgIpc) is 2.68. The van der Waals surface area contributed by atoms with Crippen LogP contribution in [0.2, 0.25) is 0 Å². The van der Waals surface area contributed by atoms with Crippen LogP contribution in [0.15, 0.2) is 6.07 Å². The van der Waals surface area contributed by atoms with Gasteiger partial charge < -0.3 is 10.4 Å². The topological polar surface area (TPSA) is 50.1 Å². The number of nitrogens with one attached hydrogen (secondary N) is 1. The molecule has 0 saturated carbocycles. The Hall–Kier alpha value is -0.870. The lowest BCUT2D eigenvalue weighted by Crippen LogP contribution is -2.30. The van der Waals surface area contributed by atoms with Gasteiger partial charge in [-0.25, -0.2) is 0 Å². The highest BCUT2D eigenvalue weighted by atomic mass is 16.3. The summed E-state index contributed by atoms with van der Waals surface area (Å²) in [6, 6.07) is 2.12. The molecule has 16 heavy (non-hydrogen) atoms. The van der Waals surface area contributed by atoms with Crippen LogP contribution in [0, 0.1) is 0 Å². The molecule has 92 valence electrons. The summed E-state index contributed by atoms with van der Waals surface area (Å²) in [6.45, 7) is 8.34. The summed E-state index contributed by atoms with van der Waals surface area (Å²) in [7, 11) is 0. The van der Waals surface area contributed by atoms with Crippen LogP contribution in [0.25, 0.3) is 0 Å². The summed E-state index contributed by atoms with van der Waals surface area (Å²) in [4.78, 5) is 0. The molecule has 1 rings (SSSR count). The first-order valence-electron chi connectivity index (χ1n) is 6.15. The second kappa shape index (κ2) is 6.66. The van der Waals surface area contributed by atoms with Crippen molar-refractivity contribution in [3.8, 4) is 0 Å². The fourth-order valence-corrected chi connectivity index (χ4v) is 1.71. The molecule has 0 bridgehead atoms. The number of hydrogen-bond acceptors (Lipinski definition) is 3. The van der Waals surface area contributed by atoms with E-state index in [1.165, 1.54) is 5.69 Å². The molecule has 1 atom stereocenters. The van der Waals surface area contributed by atoms with E-state index in [1.807, 2.05) is 11.6 Å². The molecule has 1 aromatic heterocycles. The van der Waals surface area contributed by atoms with E-state index in [2.05, 4.69) is 30.3 Å². The number of nitrogens with zero attached hydrogens (tertiary/aromatic N) is 2. The standard InChI is InChI=1S/C12H23N3O/c1-4-10-7-11(5-2)15(14-10)9-12(16)8-13-6-3/h7,12-13,16H,4-6,8-9H2,1-3H3. The third-order valence-electron chi connectivity index (χ3n) is 2.65. The Morgan fingerprint density at radius 2 is 2.12 bits per heavy atom. The van der Waals surface area contributed by atoms with Crippen LogP contribution < -0.4 is 5.32 Å². The average molecular weight is 225 g/mol. The number of likely N-dealkylation sites (N-methyl/N-ethyl adjacent to an activating group) is 1. The molecule has 0 amide bonds. The lowest BCUT2D eigenvalue weighted by atomic mass is 10.2. The Kier molecular flexibility index (Phi) is 5.49. The van der Waals surface area contributed by atoms with Crippen LogP contribution in [0.1, 0.15) is 32.2 Å². The van der Waals surface area contributed by atoms with Crippen molar-refractivity contribution in [2.24, 2.45) is 0 Å². The predicted octanol–water partition coefficient (Wildman–Crippen LogP) is 0.978. The minimum Gasteiger partial charge on any atom is -0.390 e. The predicted molar refractivity (Wildman–Crippen MR) is 65.5 cm³/mol. The molecule has 0 aromatic carbocycles. The number of hydrogen-bond donors (Lipinski definition) is 2. The molecule has 0 saturated heterocycles. The van der Waals surface area contributed by atoms with E-state index in [9.17, 15) is 5.11 Å². The first-order chi connectivity index (χ1) is 7.71. The van der Waals surface area contributed by atoms with Crippen LogP contribution in [-0.4, -0.2) is 34.1 Å². The van der Waals surface area contributed by atoms with Gasteiger partial charge in [0.1, 0.15) is 0 Å². The van der Waals surface area contributed by atoms with Crippen LogP contribution >= 0.6 is 0 Å². The van der Waals surface area contributed by atoms with Crippen LogP contribution in [0.3, 0.4) is 0 Å². The van der Waals surface area contributed by atoms with Gasteiger partial charge in [0.25, 0.3) is 0 Å². The third-order valence-corrected chi connectivity index (χ3v) is 2.65. The van der Waals surface area contributed by atoms with Crippen LogP contribution in [0.4, 0.5) is 0 Å².